The molecule has 142 valence electrons. The number of hydrogen-bond acceptors (Lipinski definition) is 2. The lowest BCUT2D eigenvalue weighted by molar-refractivity contribution is 1.61. The molecule has 0 saturated heterocycles. The van der Waals surface area contributed by atoms with Crippen LogP contribution in [0.3, 0.4) is 0 Å². The summed E-state index contributed by atoms with van der Waals surface area (Å²) >= 11 is 1.85. The Morgan fingerprint density at radius 3 is 2.27 bits per heavy atom. The van der Waals surface area contributed by atoms with E-state index in [4.69, 9.17) is 0 Å². The standard InChI is InChI=1S/C28H19NS/c1-2-7-19(8-3-1)22-14-16-26-24(18-22)28-25(11-6-12-27(28)30-26)29-23-15-13-20-9-4-5-10-21(20)17-23/h1-18,29H. The zero-order chi connectivity index (χ0) is 19.9. The molecule has 0 saturated carbocycles. The summed E-state index contributed by atoms with van der Waals surface area (Å²) in [7, 11) is 0. The number of hydrogen-bond donors (Lipinski definition) is 1. The van der Waals surface area contributed by atoms with E-state index in [0.717, 1.165) is 11.4 Å². The first-order valence-corrected chi connectivity index (χ1v) is 10.9. The second-order valence-corrected chi connectivity index (χ2v) is 8.63. The molecule has 6 aromatic rings. The maximum absolute atomic E-state index is 3.68. The summed E-state index contributed by atoms with van der Waals surface area (Å²) in [6.45, 7) is 0. The summed E-state index contributed by atoms with van der Waals surface area (Å²) in [5.41, 5.74) is 4.76. The van der Waals surface area contributed by atoms with Crippen LogP contribution in [-0.2, 0) is 0 Å². The van der Waals surface area contributed by atoms with Crippen LogP contribution >= 0.6 is 11.3 Å². The van der Waals surface area contributed by atoms with Gasteiger partial charge in [-0.25, -0.2) is 0 Å². The van der Waals surface area contributed by atoms with Crippen molar-refractivity contribution in [3.8, 4) is 11.1 Å². The first-order chi connectivity index (χ1) is 14.8. The van der Waals surface area contributed by atoms with Crippen LogP contribution in [-0.4, -0.2) is 0 Å². The Morgan fingerprint density at radius 1 is 0.533 bits per heavy atom. The van der Waals surface area contributed by atoms with Gasteiger partial charge >= 0.3 is 0 Å². The Bertz CT molecular complexity index is 1510. The third-order valence-corrected chi connectivity index (χ3v) is 6.77. The van der Waals surface area contributed by atoms with Crippen LogP contribution in [0.2, 0.25) is 0 Å². The molecule has 5 aromatic carbocycles. The van der Waals surface area contributed by atoms with Crippen LogP contribution in [0.15, 0.2) is 109 Å². The lowest BCUT2D eigenvalue weighted by Crippen LogP contribution is -1.91. The molecule has 0 aliphatic heterocycles. The van der Waals surface area contributed by atoms with Gasteiger partial charge in [-0.2, -0.15) is 0 Å². The fourth-order valence-corrected chi connectivity index (χ4v) is 5.28. The number of benzene rings is 5. The zero-order valence-corrected chi connectivity index (χ0v) is 17.1. The summed E-state index contributed by atoms with van der Waals surface area (Å²) in [6, 6.07) is 39.0. The maximum Gasteiger partial charge on any atom is 0.0478 e. The highest BCUT2D eigenvalue weighted by Crippen LogP contribution is 2.41. The van der Waals surface area contributed by atoms with Crippen molar-refractivity contribution < 1.29 is 0 Å². The Kier molecular flexibility index (Phi) is 4.03. The molecule has 6 rings (SSSR count). The van der Waals surface area contributed by atoms with E-state index in [2.05, 4.69) is 115 Å². The predicted octanol–water partition coefficient (Wildman–Crippen LogP) is 8.62. The van der Waals surface area contributed by atoms with Crippen molar-refractivity contribution in [2.75, 3.05) is 5.32 Å². The van der Waals surface area contributed by atoms with Crippen LogP contribution in [0, 0.1) is 0 Å². The fourth-order valence-electron chi connectivity index (χ4n) is 4.16. The Hall–Kier alpha value is -3.62. The molecule has 0 aliphatic carbocycles. The van der Waals surface area contributed by atoms with E-state index in [9.17, 15) is 0 Å². The van der Waals surface area contributed by atoms with Crippen molar-refractivity contribution in [1.29, 1.82) is 0 Å². The highest BCUT2D eigenvalue weighted by Gasteiger charge is 2.11. The summed E-state index contributed by atoms with van der Waals surface area (Å²) in [6.07, 6.45) is 0. The molecule has 0 spiro atoms. The van der Waals surface area contributed by atoms with Crippen molar-refractivity contribution in [1.82, 2.24) is 0 Å². The van der Waals surface area contributed by atoms with Gasteiger partial charge in [-0.05, 0) is 58.3 Å². The van der Waals surface area contributed by atoms with E-state index in [1.54, 1.807) is 0 Å². The Labute approximate surface area is 179 Å². The smallest absolute Gasteiger partial charge is 0.0478 e. The van der Waals surface area contributed by atoms with E-state index in [-0.39, 0.29) is 0 Å². The number of thiophene rings is 1. The van der Waals surface area contributed by atoms with Gasteiger partial charge in [0, 0.05) is 31.5 Å². The molecule has 0 radical (unpaired) electrons. The average Bonchev–Trinajstić information content (AvgIpc) is 3.18. The van der Waals surface area contributed by atoms with Gasteiger partial charge in [0.25, 0.3) is 0 Å². The quantitative estimate of drug-likeness (QED) is 0.313. The molecule has 0 atom stereocenters. The number of fused-ring (bicyclic) bond motifs is 4. The van der Waals surface area contributed by atoms with Crippen molar-refractivity contribution in [3.05, 3.63) is 109 Å². The van der Waals surface area contributed by atoms with Crippen LogP contribution in [0.5, 0.6) is 0 Å². The molecule has 0 unspecified atom stereocenters. The second kappa shape index (κ2) is 7.01. The third-order valence-electron chi connectivity index (χ3n) is 5.63. The van der Waals surface area contributed by atoms with Gasteiger partial charge < -0.3 is 5.32 Å². The molecule has 1 N–H and O–H groups in total. The Balaban J connectivity index is 1.51. The van der Waals surface area contributed by atoms with Crippen LogP contribution in [0.4, 0.5) is 11.4 Å². The zero-order valence-electron chi connectivity index (χ0n) is 16.3. The number of rotatable bonds is 3. The predicted molar refractivity (Wildman–Crippen MR) is 132 cm³/mol. The number of anilines is 2. The SMILES string of the molecule is c1ccc(-c2ccc3sc4cccc(Nc5ccc6ccccc6c5)c4c3c2)cc1. The molecule has 1 aromatic heterocycles. The van der Waals surface area contributed by atoms with Gasteiger partial charge in [-0.15, -0.1) is 11.3 Å². The van der Waals surface area contributed by atoms with E-state index in [1.807, 2.05) is 11.3 Å². The van der Waals surface area contributed by atoms with Crippen molar-refractivity contribution in [3.63, 3.8) is 0 Å². The minimum absolute atomic E-state index is 1.11. The fraction of sp³-hybridized carbons (Fsp3) is 0. The monoisotopic (exact) mass is 401 g/mol. The summed E-state index contributed by atoms with van der Waals surface area (Å²) < 4.78 is 2.62. The van der Waals surface area contributed by atoms with Gasteiger partial charge in [-0.3, -0.25) is 0 Å². The summed E-state index contributed by atoms with van der Waals surface area (Å²) in [5.74, 6) is 0. The Morgan fingerprint density at radius 2 is 1.37 bits per heavy atom. The average molecular weight is 402 g/mol. The third kappa shape index (κ3) is 2.94. The van der Waals surface area contributed by atoms with Crippen molar-refractivity contribution in [2.45, 2.75) is 0 Å². The van der Waals surface area contributed by atoms with Crippen LogP contribution in [0.25, 0.3) is 42.1 Å². The molecule has 0 bridgehead atoms. The topological polar surface area (TPSA) is 12.0 Å². The molecule has 1 nitrogen and oxygen atoms in total. The molecular weight excluding hydrogens is 382 g/mol. The summed E-state index contributed by atoms with van der Waals surface area (Å²) in [5, 5.41) is 8.79. The van der Waals surface area contributed by atoms with Gasteiger partial charge in [0.2, 0.25) is 0 Å². The van der Waals surface area contributed by atoms with Crippen LogP contribution < -0.4 is 5.32 Å². The van der Waals surface area contributed by atoms with Gasteiger partial charge in [0.05, 0.1) is 0 Å². The molecule has 0 fully saturated rings. The molecule has 0 aliphatic rings. The normalized spacial score (nSPS) is 11.3. The molecular formula is C28H19NS. The van der Waals surface area contributed by atoms with E-state index >= 15 is 0 Å². The molecule has 30 heavy (non-hydrogen) atoms. The van der Waals surface area contributed by atoms with E-state index in [0.29, 0.717) is 0 Å². The first-order valence-electron chi connectivity index (χ1n) is 10.1. The maximum atomic E-state index is 3.68. The largest absolute Gasteiger partial charge is 0.355 e. The van der Waals surface area contributed by atoms with E-state index < -0.39 is 0 Å². The molecule has 0 amide bonds. The highest BCUT2D eigenvalue weighted by atomic mass is 32.1. The molecule has 2 heteroatoms. The van der Waals surface area contributed by atoms with Gasteiger partial charge in [0.15, 0.2) is 0 Å². The van der Waals surface area contributed by atoms with Crippen LogP contribution in [0.1, 0.15) is 0 Å². The van der Waals surface area contributed by atoms with Crippen molar-refractivity contribution in [2.24, 2.45) is 0 Å². The lowest BCUT2D eigenvalue weighted by atomic mass is 10.0. The first kappa shape index (κ1) is 17.3. The summed E-state index contributed by atoms with van der Waals surface area (Å²) in [4.78, 5) is 0. The number of nitrogens with one attached hydrogen (secondary N) is 1. The minimum atomic E-state index is 1.11. The van der Waals surface area contributed by atoms with E-state index in [1.165, 1.54) is 42.1 Å². The lowest BCUT2D eigenvalue weighted by Gasteiger charge is -2.10. The minimum Gasteiger partial charge on any atom is -0.355 e. The van der Waals surface area contributed by atoms with Crippen molar-refractivity contribution >= 4 is 53.7 Å². The highest BCUT2D eigenvalue weighted by molar-refractivity contribution is 7.26. The molecule has 1 heterocycles. The van der Waals surface area contributed by atoms with Gasteiger partial charge in [0.1, 0.15) is 0 Å². The van der Waals surface area contributed by atoms with Gasteiger partial charge in [-0.1, -0.05) is 72.8 Å². The second-order valence-electron chi connectivity index (χ2n) is 7.54.